The van der Waals surface area contributed by atoms with E-state index in [0.717, 1.165) is 6.07 Å². The van der Waals surface area contributed by atoms with Crippen LogP contribution >= 0.6 is 0 Å². The summed E-state index contributed by atoms with van der Waals surface area (Å²) < 4.78 is 66.6. The number of carbonyl (C=O) groups is 1. The highest BCUT2D eigenvalue weighted by Crippen LogP contribution is 2.35. The molecule has 1 fully saturated rings. The molecule has 2 heterocycles. The third-order valence-corrected chi connectivity index (χ3v) is 6.52. The molecule has 3 rings (SSSR count). The van der Waals surface area contributed by atoms with Crippen LogP contribution in [0.5, 0.6) is 0 Å². The Morgan fingerprint density at radius 2 is 1.70 bits per heavy atom. The Hall–Kier alpha value is -2.86. The number of anilines is 2. The lowest BCUT2D eigenvalue weighted by atomic mass is 10.2. The predicted molar refractivity (Wildman–Crippen MR) is 105 cm³/mol. The highest BCUT2D eigenvalue weighted by Gasteiger charge is 2.37. The van der Waals surface area contributed by atoms with Gasteiger partial charge in [-0.3, -0.25) is 0 Å². The summed E-state index contributed by atoms with van der Waals surface area (Å²) in [6.45, 7) is 0.203. The fourth-order valence-electron chi connectivity index (χ4n) is 3.06. The van der Waals surface area contributed by atoms with Crippen molar-refractivity contribution in [3.63, 3.8) is 0 Å². The fraction of sp³-hybridized carbons (Fsp3) is 0.333. The van der Waals surface area contributed by atoms with Gasteiger partial charge in [-0.2, -0.15) is 17.5 Å². The number of hydrogen-bond acceptors (Lipinski definition) is 5. The number of halogens is 3. The first-order chi connectivity index (χ1) is 14.1. The number of piperazine rings is 1. The Kier molecular flexibility index (Phi) is 6.17. The molecular weight excluding hydrogens is 423 g/mol. The monoisotopic (exact) mass is 443 g/mol. The SMILES string of the molecule is CNC(=O)Nc1ccc(S(=O)(=O)N2CCN(c3ncccc3C(F)(F)F)CC2)cc1. The maximum Gasteiger partial charge on any atom is 0.419 e. The molecule has 1 aromatic heterocycles. The molecule has 2 amide bonds. The van der Waals surface area contributed by atoms with Gasteiger partial charge in [-0.15, -0.1) is 0 Å². The molecule has 162 valence electrons. The molecule has 0 bridgehead atoms. The first kappa shape index (κ1) is 21.8. The minimum atomic E-state index is -4.54. The van der Waals surface area contributed by atoms with E-state index < -0.39 is 27.8 Å². The first-order valence-electron chi connectivity index (χ1n) is 8.99. The zero-order valence-corrected chi connectivity index (χ0v) is 16.8. The van der Waals surface area contributed by atoms with Crippen LogP contribution in [0.15, 0.2) is 47.5 Å². The van der Waals surface area contributed by atoms with E-state index in [1.807, 2.05) is 0 Å². The van der Waals surface area contributed by atoms with Crippen molar-refractivity contribution in [1.82, 2.24) is 14.6 Å². The zero-order valence-electron chi connectivity index (χ0n) is 16.0. The summed E-state index contributed by atoms with van der Waals surface area (Å²) in [5.74, 6) is -0.202. The standard InChI is InChI=1S/C18H20F3N5O3S/c1-22-17(27)24-13-4-6-14(7-5-13)30(28,29)26-11-9-25(10-12-26)16-15(18(19,20)21)3-2-8-23-16/h2-8H,9-12H2,1H3,(H2,22,24,27). The second-order valence-electron chi connectivity index (χ2n) is 6.49. The lowest BCUT2D eigenvalue weighted by molar-refractivity contribution is -0.137. The van der Waals surface area contributed by atoms with Crippen LogP contribution in [0, 0.1) is 0 Å². The molecule has 0 unspecified atom stereocenters. The molecule has 1 aliphatic heterocycles. The van der Waals surface area contributed by atoms with Gasteiger partial charge in [-0.05, 0) is 36.4 Å². The molecular formula is C18H20F3N5O3S. The van der Waals surface area contributed by atoms with Crippen molar-refractivity contribution in [3.05, 3.63) is 48.2 Å². The van der Waals surface area contributed by atoms with Crippen molar-refractivity contribution in [2.45, 2.75) is 11.1 Å². The lowest BCUT2D eigenvalue weighted by Gasteiger charge is -2.35. The van der Waals surface area contributed by atoms with Crippen LogP contribution in [-0.2, 0) is 16.2 Å². The topological polar surface area (TPSA) is 94.6 Å². The second-order valence-corrected chi connectivity index (χ2v) is 8.43. The van der Waals surface area contributed by atoms with Crippen molar-refractivity contribution in [1.29, 1.82) is 0 Å². The minimum absolute atomic E-state index is 0.0223. The van der Waals surface area contributed by atoms with E-state index >= 15 is 0 Å². The molecule has 1 aliphatic rings. The Morgan fingerprint density at radius 3 is 2.27 bits per heavy atom. The van der Waals surface area contributed by atoms with Crippen molar-refractivity contribution < 1.29 is 26.4 Å². The van der Waals surface area contributed by atoms with Gasteiger partial charge in [-0.1, -0.05) is 0 Å². The summed E-state index contributed by atoms with van der Waals surface area (Å²) in [6, 6.07) is 7.40. The number of benzene rings is 1. The Bertz CT molecular complexity index is 1000. The molecule has 30 heavy (non-hydrogen) atoms. The average molecular weight is 443 g/mol. The van der Waals surface area contributed by atoms with Gasteiger partial charge < -0.3 is 15.5 Å². The van der Waals surface area contributed by atoms with Gasteiger partial charge in [0, 0.05) is 45.1 Å². The van der Waals surface area contributed by atoms with Crippen LogP contribution < -0.4 is 15.5 Å². The number of alkyl halides is 3. The average Bonchev–Trinajstić information content (AvgIpc) is 2.73. The summed E-state index contributed by atoms with van der Waals surface area (Å²) in [7, 11) is -2.37. The minimum Gasteiger partial charge on any atom is -0.353 e. The zero-order chi connectivity index (χ0) is 21.9. The number of nitrogens with zero attached hydrogens (tertiary/aromatic N) is 3. The van der Waals surface area contributed by atoms with Gasteiger partial charge in [0.1, 0.15) is 5.82 Å². The largest absolute Gasteiger partial charge is 0.419 e. The Balaban J connectivity index is 1.71. The number of hydrogen-bond donors (Lipinski definition) is 2. The van der Waals surface area contributed by atoms with Crippen molar-refractivity contribution in [2.75, 3.05) is 43.4 Å². The number of carbonyl (C=O) groups excluding carboxylic acids is 1. The predicted octanol–water partition coefficient (Wildman–Crippen LogP) is 2.36. The van der Waals surface area contributed by atoms with Crippen molar-refractivity contribution in [2.24, 2.45) is 0 Å². The van der Waals surface area contributed by atoms with Gasteiger partial charge >= 0.3 is 12.2 Å². The summed E-state index contributed by atoms with van der Waals surface area (Å²) >= 11 is 0. The van der Waals surface area contributed by atoms with Crippen LogP contribution in [0.3, 0.4) is 0 Å². The van der Waals surface area contributed by atoms with E-state index in [1.54, 1.807) is 0 Å². The van der Waals surface area contributed by atoms with Gasteiger partial charge in [0.05, 0.1) is 10.5 Å². The normalized spacial score (nSPS) is 15.7. The van der Waals surface area contributed by atoms with E-state index in [1.165, 1.54) is 52.8 Å². The number of pyridine rings is 1. The smallest absolute Gasteiger partial charge is 0.353 e. The number of nitrogens with one attached hydrogen (secondary N) is 2. The fourth-order valence-corrected chi connectivity index (χ4v) is 4.49. The lowest BCUT2D eigenvalue weighted by Crippen LogP contribution is -2.49. The van der Waals surface area contributed by atoms with Crippen LogP contribution in [0.1, 0.15) is 5.56 Å². The molecule has 0 radical (unpaired) electrons. The quantitative estimate of drug-likeness (QED) is 0.757. The van der Waals surface area contributed by atoms with Crippen LogP contribution in [0.2, 0.25) is 0 Å². The molecule has 1 aromatic carbocycles. The summed E-state index contributed by atoms with van der Waals surface area (Å²) in [6.07, 6.45) is -3.26. The highest BCUT2D eigenvalue weighted by molar-refractivity contribution is 7.89. The Morgan fingerprint density at radius 1 is 1.07 bits per heavy atom. The number of amides is 2. The van der Waals surface area contributed by atoms with Crippen LogP contribution in [0.4, 0.5) is 29.5 Å². The molecule has 0 saturated carbocycles. The highest BCUT2D eigenvalue weighted by atomic mass is 32.2. The molecule has 0 spiro atoms. The van der Waals surface area contributed by atoms with Gasteiger partial charge in [0.15, 0.2) is 0 Å². The number of urea groups is 1. The first-order valence-corrected chi connectivity index (χ1v) is 10.4. The molecule has 0 aliphatic carbocycles. The van der Waals surface area contributed by atoms with E-state index in [9.17, 15) is 26.4 Å². The number of aromatic nitrogens is 1. The van der Waals surface area contributed by atoms with Crippen molar-refractivity contribution in [3.8, 4) is 0 Å². The molecule has 0 atom stereocenters. The van der Waals surface area contributed by atoms with Gasteiger partial charge in [0.2, 0.25) is 10.0 Å². The molecule has 2 aromatic rings. The summed E-state index contributed by atoms with van der Waals surface area (Å²) in [4.78, 5) is 16.6. The molecule has 2 N–H and O–H groups in total. The van der Waals surface area contributed by atoms with Gasteiger partial charge in [-0.25, -0.2) is 18.2 Å². The van der Waals surface area contributed by atoms with Gasteiger partial charge in [0.25, 0.3) is 0 Å². The van der Waals surface area contributed by atoms with E-state index in [-0.39, 0.29) is 36.9 Å². The molecule has 8 nitrogen and oxygen atoms in total. The van der Waals surface area contributed by atoms with Crippen molar-refractivity contribution >= 4 is 27.6 Å². The summed E-state index contributed by atoms with van der Waals surface area (Å²) in [5, 5.41) is 4.91. The van der Waals surface area contributed by atoms with Crippen LogP contribution in [0.25, 0.3) is 0 Å². The third-order valence-electron chi connectivity index (χ3n) is 4.61. The maximum atomic E-state index is 13.2. The number of rotatable bonds is 4. The van der Waals surface area contributed by atoms with E-state index in [4.69, 9.17) is 0 Å². The number of sulfonamides is 1. The molecule has 12 heteroatoms. The molecule has 1 saturated heterocycles. The second kappa shape index (κ2) is 8.48. The van der Waals surface area contributed by atoms with Crippen LogP contribution in [-0.4, -0.2) is 57.0 Å². The van der Waals surface area contributed by atoms with E-state index in [2.05, 4.69) is 15.6 Å². The maximum absolute atomic E-state index is 13.2. The third kappa shape index (κ3) is 4.65. The summed E-state index contributed by atoms with van der Waals surface area (Å²) in [5.41, 5.74) is -0.423. The van der Waals surface area contributed by atoms with E-state index in [0.29, 0.717) is 5.69 Å². The Labute approximate surface area is 171 Å².